The van der Waals surface area contributed by atoms with Gasteiger partial charge in [0.25, 0.3) is 5.91 Å². The molecule has 1 aromatic heterocycles. The Morgan fingerprint density at radius 1 is 1.14 bits per heavy atom. The summed E-state index contributed by atoms with van der Waals surface area (Å²) in [6.07, 6.45) is 0. The van der Waals surface area contributed by atoms with Crippen molar-refractivity contribution in [3.8, 4) is 0 Å². The molecule has 1 saturated heterocycles. The molecule has 2 heterocycles. The molecule has 0 atom stereocenters. The molecule has 0 bridgehead atoms. The predicted octanol–water partition coefficient (Wildman–Crippen LogP) is 0.333. The number of rotatable bonds is 3. The topological polar surface area (TPSA) is 85.4 Å². The van der Waals surface area contributed by atoms with Crippen LogP contribution < -0.4 is 0 Å². The van der Waals surface area contributed by atoms with Crippen LogP contribution in [-0.4, -0.2) is 81.1 Å². The molecule has 8 nitrogen and oxygen atoms in total. The van der Waals surface area contributed by atoms with E-state index in [1.54, 1.807) is 21.6 Å². The third-order valence-electron chi connectivity index (χ3n) is 3.66. The number of hydrogen-bond donors (Lipinski definition) is 1. The van der Waals surface area contributed by atoms with Crippen LogP contribution in [0.5, 0.6) is 0 Å². The molecule has 116 valence electrons. The molecule has 1 aliphatic heterocycles. The van der Waals surface area contributed by atoms with Crippen LogP contribution in [-0.2, 0) is 0 Å². The van der Waals surface area contributed by atoms with Crippen molar-refractivity contribution in [2.45, 2.75) is 20.8 Å². The van der Waals surface area contributed by atoms with E-state index in [4.69, 9.17) is 0 Å². The van der Waals surface area contributed by atoms with E-state index in [0.717, 1.165) is 0 Å². The number of nitrogens with zero attached hydrogens (tertiary/aromatic N) is 5. The summed E-state index contributed by atoms with van der Waals surface area (Å²) in [6, 6.07) is 0.0424. The summed E-state index contributed by atoms with van der Waals surface area (Å²) in [6.45, 7) is 9.20. The van der Waals surface area contributed by atoms with E-state index in [-0.39, 0.29) is 17.8 Å². The van der Waals surface area contributed by atoms with E-state index in [1.165, 1.54) is 0 Å². The zero-order valence-corrected chi connectivity index (χ0v) is 12.8. The highest BCUT2D eigenvalue weighted by molar-refractivity contribution is 5.90. The summed E-state index contributed by atoms with van der Waals surface area (Å²) >= 11 is 0. The molecule has 3 amide bonds. The molecule has 8 heteroatoms. The van der Waals surface area contributed by atoms with Gasteiger partial charge in [0.05, 0.1) is 0 Å². The van der Waals surface area contributed by atoms with Crippen molar-refractivity contribution in [3.05, 3.63) is 11.6 Å². The normalized spacial score (nSPS) is 15.2. The third-order valence-corrected chi connectivity index (χ3v) is 3.66. The summed E-state index contributed by atoms with van der Waals surface area (Å²) < 4.78 is 0. The molecule has 1 fully saturated rings. The highest BCUT2D eigenvalue weighted by Crippen LogP contribution is 2.08. The fraction of sp³-hybridized carbons (Fsp3) is 0.692. The molecule has 0 unspecified atom stereocenters. The molecule has 0 spiro atoms. The lowest BCUT2D eigenvalue weighted by atomic mass is 10.3. The number of amides is 3. The Labute approximate surface area is 124 Å². The van der Waals surface area contributed by atoms with E-state index in [2.05, 4.69) is 15.2 Å². The minimum atomic E-state index is -0.186. The number of hydrogen-bond acceptors (Lipinski definition) is 4. The monoisotopic (exact) mass is 294 g/mol. The van der Waals surface area contributed by atoms with Gasteiger partial charge in [0, 0.05) is 39.3 Å². The smallest absolute Gasteiger partial charge is 0.320 e. The minimum absolute atomic E-state index is 0.0424. The molecule has 0 saturated carbocycles. The summed E-state index contributed by atoms with van der Waals surface area (Å²) in [7, 11) is 0. The summed E-state index contributed by atoms with van der Waals surface area (Å²) in [5.41, 5.74) is 0. The van der Waals surface area contributed by atoms with Gasteiger partial charge in [-0.05, 0) is 20.8 Å². The maximum Gasteiger partial charge on any atom is 0.320 e. The molecular weight excluding hydrogens is 272 g/mol. The largest absolute Gasteiger partial charge is 0.332 e. The Bertz CT molecular complexity index is 503. The SMILES string of the molecule is CCN(CC)C(=O)N1CCN(C(=O)c2n[nH]c(C)n2)CC1. The van der Waals surface area contributed by atoms with E-state index in [9.17, 15) is 9.59 Å². The average Bonchev–Trinajstić information content (AvgIpc) is 2.94. The zero-order valence-electron chi connectivity index (χ0n) is 12.8. The van der Waals surface area contributed by atoms with Gasteiger partial charge in [0.2, 0.25) is 5.82 Å². The standard InChI is InChI=1S/C13H22N6O2/c1-4-17(5-2)13(21)19-8-6-18(7-9-19)12(20)11-14-10(3)15-16-11/h4-9H2,1-3H3,(H,14,15,16). The molecule has 0 radical (unpaired) electrons. The van der Waals surface area contributed by atoms with Crippen LogP contribution in [0, 0.1) is 6.92 Å². The number of carbonyl (C=O) groups is 2. The maximum absolute atomic E-state index is 12.2. The number of H-pyrrole nitrogens is 1. The first-order chi connectivity index (χ1) is 10.1. The lowest BCUT2D eigenvalue weighted by molar-refractivity contribution is 0.0630. The molecule has 21 heavy (non-hydrogen) atoms. The van der Waals surface area contributed by atoms with Crippen LogP contribution in [0.3, 0.4) is 0 Å². The van der Waals surface area contributed by atoms with E-state index >= 15 is 0 Å². The lowest BCUT2D eigenvalue weighted by Gasteiger charge is -2.36. The van der Waals surface area contributed by atoms with Crippen molar-refractivity contribution in [2.24, 2.45) is 0 Å². The van der Waals surface area contributed by atoms with Crippen LogP contribution in [0.1, 0.15) is 30.3 Å². The van der Waals surface area contributed by atoms with Crippen LogP contribution in [0.4, 0.5) is 4.79 Å². The Morgan fingerprint density at radius 2 is 1.71 bits per heavy atom. The number of aromatic nitrogens is 3. The first-order valence-electron chi connectivity index (χ1n) is 7.29. The maximum atomic E-state index is 12.2. The molecular formula is C13H22N6O2. The Balaban J connectivity index is 1.91. The van der Waals surface area contributed by atoms with Crippen LogP contribution >= 0.6 is 0 Å². The van der Waals surface area contributed by atoms with Crippen molar-refractivity contribution in [1.82, 2.24) is 29.9 Å². The number of piperazine rings is 1. The zero-order chi connectivity index (χ0) is 15.4. The van der Waals surface area contributed by atoms with Crippen LogP contribution in [0.15, 0.2) is 0 Å². The lowest BCUT2D eigenvalue weighted by Crippen LogP contribution is -2.54. The number of aromatic amines is 1. The molecule has 0 aliphatic carbocycles. The number of nitrogens with one attached hydrogen (secondary N) is 1. The van der Waals surface area contributed by atoms with Crippen LogP contribution in [0.2, 0.25) is 0 Å². The van der Waals surface area contributed by atoms with Gasteiger partial charge in [0.15, 0.2) is 0 Å². The quantitative estimate of drug-likeness (QED) is 0.870. The number of carbonyl (C=O) groups excluding carboxylic acids is 2. The number of aryl methyl sites for hydroxylation is 1. The Morgan fingerprint density at radius 3 is 2.19 bits per heavy atom. The Kier molecular flexibility index (Phi) is 4.77. The van der Waals surface area contributed by atoms with Gasteiger partial charge in [-0.1, -0.05) is 0 Å². The van der Waals surface area contributed by atoms with Crippen molar-refractivity contribution in [2.75, 3.05) is 39.3 Å². The average molecular weight is 294 g/mol. The Hall–Kier alpha value is -2.12. The summed E-state index contributed by atoms with van der Waals surface area (Å²) in [5.74, 6) is 0.624. The van der Waals surface area contributed by atoms with Crippen molar-refractivity contribution >= 4 is 11.9 Å². The van der Waals surface area contributed by atoms with Gasteiger partial charge in [-0.15, -0.1) is 5.10 Å². The molecule has 1 aromatic rings. The van der Waals surface area contributed by atoms with Crippen molar-refractivity contribution in [1.29, 1.82) is 0 Å². The summed E-state index contributed by atoms with van der Waals surface area (Å²) in [5, 5.41) is 6.55. The fourth-order valence-electron chi connectivity index (χ4n) is 2.37. The van der Waals surface area contributed by atoms with Gasteiger partial charge in [-0.3, -0.25) is 9.89 Å². The molecule has 2 rings (SSSR count). The highest BCUT2D eigenvalue weighted by atomic mass is 16.2. The minimum Gasteiger partial charge on any atom is -0.332 e. The van der Waals surface area contributed by atoms with E-state index in [0.29, 0.717) is 45.1 Å². The first kappa shape index (κ1) is 15.3. The first-order valence-corrected chi connectivity index (χ1v) is 7.29. The van der Waals surface area contributed by atoms with Crippen molar-refractivity contribution in [3.63, 3.8) is 0 Å². The molecule has 1 N–H and O–H groups in total. The second kappa shape index (κ2) is 6.55. The third kappa shape index (κ3) is 3.32. The van der Waals surface area contributed by atoms with Gasteiger partial charge in [-0.25, -0.2) is 9.78 Å². The molecule has 0 aromatic carbocycles. The van der Waals surface area contributed by atoms with Gasteiger partial charge in [-0.2, -0.15) is 0 Å². The van der Waals surface area contributed by atoms with Gasteiger partial charge in [0.1, 0.15) is 5.82 Å². The van der Waals surface area contributed by atoms with E-state index in [1.807, 2.05) is 13.8 Å². The van der Waals surface area contributed by atoms with E-state index < -0.39 is 0 Å². The predicted molar refractivity (Wildman–Crippen MR) is 76.9 cm³/mol. The van der Waals surface area contributed by atoms with Crippen LogP contribution in [0.25, 0.3) is 0 Å². The fourth-order valence-corrected chi connectivity index (χ4v) is 2.37. The highest BCUT2D eigenvalue weighted by Gasteiger charge is 2.28. The van der Waals surface area contributed by atoms with Gasteiger partial charge >= 0.3 is 6.03 Å². The van der Waals surface area contributed by atoms with Crippen molar-refractivity contribution < 1.29 is 9.59 Å². The number of urea groups is 1. The second-order valence-corrected chi connectivity index (χ2v) is 4.98. The molecule has 1 aliphatic rings. The second-order valence-electron chi connectivity index (χ2n) is 4.98. The summed E-state index contributed by atoms with van der Waals surface area (Å²) in [4.78, 5) is 33.7. The van der Waals surface area contributed by atoms with Gasteiger partial charge < -0.3 is 14.7 Å².